The molecule has 88 valence electrons. The number of rotatable bonds is 4. The van der Waals surface area contributed by atoms with Crippen molar-refractivity contribution in [3.63, 3.8) is 0 Å². The van der Waals surface area contributed by atoms with E-state index in [0.717, 1.165) is 0 Å². The molecule has 0 bridgehead atoms. The smallest absolute Gasteiger partial charge is 0.258 e. The molecule has 0 aromatic heterocycles. The first-order valence-corrected chi connectivity index (χ1v) is 6.00. The second-order valence-electron chi connectivity index (χ2n) is 3.01. The summed E-state index contributed by atoms with van der Waals surface area (Å²) in [5.41, 5.74) is 0.282. The lowest BCUT2D eigenvalue weighted by atomic mass is 10.1. The molecule has 0 unspecified atom stereocenters. The number of hydrogen-bond donors (Lipinski definition) is 0. The van der Waals surface area contributed by atoms with Gasteiger partial charge < -0.3 is 0 Å². The summed E-state index contributed by atoms with van der Waals surface area (Å²) in [4.78, 5) is 9.73. The molecule has 0 saturated carbocycles. The fourth-order valence-corrected chi connectivity index (χ4v) is 1.61. The molecule has 0 radical (unpaired) electrons. The summed E-state index contributed by atoms with van der Waals surface area (Å²) in [6, 6.07) is 5.06. The van der Waals surface area contributed by atoms with Crippen LogP contribution in [-0.4, -0.2) is 18.1 Å². The van der Waals surface area contributed by atoms with Crippen molar-refractivity contribution in [3.05, 3.63) is 39.9 Å². The van der Waals surface area contributed by atoms with E-state index in [4.69, 9.17) is 11.6 Å². The third kappa shape index (κ3) is 3.42. The number of nitrogens with zero attached hydrogens (tertiary/aromatic N) is 1. The summed E-state index contributed by atoms with van der Waals surface area (Å²) >= 11 is 5.30. The van der Waals surface area contributed by atoms with E-state index in [-0.39, 0.29) is 12.1 Å². The van der Waals surface area contributed by atoms with Crippen LogP contribution in [0.1, 0.15) is 5.56 Å². The molecule has 8 heteroatoms. The summed E-state index contributed by atoms with van der Waals surface area (Å²) in [5.74, 6) is 0. The zero-order valence-electron chi connectivity index (χ0n) is 7.84. The molecule has 0 amide bonds. The Labute approximate surface area is 96.2 Å². The molecule has 16 heavy (non-hydrogen) atoms. The van der Waals surface area contributed by atoms with Crippen molar-refractivity contribution in [2.75, 3.05) is 0 Å². The Balaban J connectivity index is 2.81. The van der Waals surface area contributed by atoms with Crippen LogP contribution in [-0.2, 0) is 16.6 Å². The Morgan fingerprint density at radius 2 is 1.88 bits per heavy atom. The van der Waals surface area contributed by atoms with Crippen LogP contribution in [0.4, 0.5) is 9.57 Å². The topological polar surface area (TPSA) is 77.3 Å². The third-order valence-electron chi connectivity index (χ3n) is 1.85. The first kappa shape index (κ1) is 12.9. The van der Waals surface area contributed by atoms with E-state index in [1.165, 1.54) is 24.3 Å². The summed E-state index contributed by atoms with van der Waals surface area (Å²) in [6.45, 7) is 0. The van der Waals surface area contributed by atoms with Gasteiger partial charge in [-0.15, -0.1) is 15.5 Å². The lowest BCUT2D eigenvalue weighted by Gasteiger charge is -2.04. The molecule has 0 fully saturated rings. The van der Waals surface area contributed by atoms with Crippen LogP contribution in [0.15, 0.2) is 24.3 Å². The van der Waals surface area contributed by atoms with Crippen molar-refractivity contribution in [2.24, 2.45) is 0 Å². The molecule has 0 heterocycles. The van der Waals surface area contributed by atoms with Crippen LogP contribution in [0, 0.1) is 10.1 Å². The number of hydrogen-bond acceptors (Lipinski definition) is 4. The number of nitro benzene ring substituents is 1. The predicted molar refractivity (Wildman–Crippen MR) is 56.5 cm³/mol. The quantitative estimate of drug-likeness (QED) is 0.362. The summed E-state index contributed by atoms with van der Waals surface area (Å²) in [5, 5.41) is 10.3. The average Bonchev–Trinajstić information content (AvgIpc) is 2.17. The van der Waals surface area contributed by atoms with Gasteiger partial charge in [0.05, 0.1) is 4.92 Å². The molecular weight excluding hydrogens is 261 g/mol. The first-order valence-electron chi connectivity index (χ1n) is 4.11. The van der Waals surface area contributed by atoms with E-state index in [2.05, 4.69) is 0 Å². The highest BCUT2D eigenvalue weighted by Crippen LogP contribution is 2.18. The summed E-state index contributed by atoms with van der Waals surface area (Å²) < 4.78 is 31.5. The van der Waals surface area contributed by atoms with Crippen molar-refractivity contribution in [1.82, 2.24) is 0 Å². The third-order valence-corrected chi connectivity index (χ3v) is 3.42. The molecule has 1 atom stereocenters. The highest BCUT2D eigenvalue weighted by molar-refractivity contribution is 7.88. The first-order chi connectivity index (χ1) is 7.30. The molecule has 0 spiro atoms. The molecule has 1 rings (SSSR count). The number of alkyl halides is 1. The Kier molecular flexibility index (Phi) is 3.82. The van der Waals surface area contributed by atoms with Gasteiger partial charge in [0.2, 0.25) is 0 Å². The van der Waals surface area contributed by atoms with Gasteiger partial charge in [-0.25, -0.2) is 0 Å². The van der Waals surface area contributed by atoms with Gasteiger partial charge in [-0.1, -0.05) is 12.1 Å². The zero-order valence-corrected chi connectivity index (χ0v) is 9.41. The van der Waals surface area contributed by atoms with Crippen molar-refractivity contribution < 1.29 is 17.2 Å². The van der Waals surface area contributed by atoms with Crippen molar-refractivity contribution >= 4 is 27.5 Å². The second kappa shape index (κ2) is 4.75. The summed E-state index contributed by atoms with van der Waals surface area (Å²) in [6.07, 6.45) is -0.238. The molecule has 0 saturated heterocycles. The van der Waals surface area contributed by atoms with Gasteiger partial charge in [0, 0.05) is 18.6 Å². The normalized spacial score (nSPS) is 13.4. The van der Waals surface area contributed by atoms with Gasteiger partial charge in [-0.2, -0.15) is 8.42 Å². The van der Waals surface area contributed by atoms with Crippen LogP contribution < -0.4 is 0 Å². The second-order valence-corrected chi connectivity index (χ2v) is 5.32. The molecule has 0 N–H and O–H groups in total. The Bertz CT molecular complexity index is 487. The molecular formula is C8H7ClFNO4S. The molecule has 0 aliphatic heterocycles. The monoisotopic (exact) mass is 267 g/mol. The Morgan fingerprint density at radius 1 is 1.38 bits per heavy atom. The lowest BCUT2D eigenvalue weighted by Crippen LogP contribution is -2.12. The number of benzene rings is 1. The largest absolute Gasteiger partial charge is 0.319 e. The van der Waals surface area contributed by atoms with Gasteiger partial charge in [0.1, 0.15) is 0 Å². The Hall–Kier alpha value is -1.21. The van der Waals surface area contributed by atoms with Crippen LogP contribution in [0.3, 0.4) is 0 Å². The molecule has 1 aromatic carbocycles. The van der Waals surface area contributed by atoms with Crippen molar-refractivity contribution in [3.8, 4) is 0 Å². The maximum Gasteiger partial charge on any atom is 0.319 e. The fourth-order valence-electron chi connectivity index (χ4n) is 1.04. The van der Waals surface area contributed by atoms with Gasteiger partial charge in [-0.05, 0) is 5.56 Å². The Morgan fingerprint density at radius 3 is 2.25 bits per heavy atom. The van der Waals surface area contributed by atoms with Gasteiger partial charge in [-0.3, -0.25) is 10.1 Å². The van der Waals surface area contributed by atoms with Crippen LogP contribution in [0.25, 0.3) is 0 Å². The fraction of sp³-hybridized carbons (Fsp3) is 0.250. The average molecular weight is 268 g/mol. The highest BCUT2D eigenvalue weighted by atomic mass is 35.5. The van der Waals surface area contributed by atoms with E-state index < -0.39 is 19.9 Å². The minimum Gasteiger partial charge on any atom is -0.258 e. The van der Waals surface area contributed by atoms with Crippen LogP contribution in [0.2, 0.25) is 0 Å². The van der Waals surface area contributed by atoms with Crippen molar-refractivity contribution in [2.45, 2.75) is 11.1 Å². The number of halogens is 2. The lowest BCUT2D eigenvalue weighted by molar-refractivity contribution is -0.384. The minimum absolute atomic E-state index is 0.127. The zero-order chi connectivity index (χ0) is 12.3. The number of nitro groups is 1. The van der Waals surface area contributed by atoms with E-state index in [0.29, 0.717) is 5.56 Å². The van der Waals surface area contributed by atoms with E-state index in [1.807, 2.05) is 0 Å². The minimum atomic E-state index is -4.80. The van der Waals surface area contributed by atoms with Gasteiger partial charge in [0.25, 0.3) is 5.69 Å². The maximum atomic E-state index is 12.4. The van der Waals surface area contributed by atoms with E-state index in [1.54, 1.807) is 0 Å². The van der Waals surface area contributed by atoms with E-state index in [9.17, 15) is 22.4 Å². The van der Waals surface area contributed by atoms with Crippen LogP contribution >= 0.6 is 11.6 Å². The standard InChI is InChI=1S/C8H7ClFNO4S/c9-8(16(10,14)15)5-6-1-3-7(4-2-6)11(12)13/h1-4,8H,5H2/t8-/m1/s1. The number of non-ortho nitro benzene ring substituents is 1. The van der Waals surface area contributed by atoms with Gasteiger partial charge in [0.15, 0.2) is 4.71 Å². The molecule has 0 aliphatic carbocycles. The van der Waals surface area contributed by atoms with Gasteiger partial charge >= 0.3 is 10.2 Å². The van der Waals surface area contributed by atoms with E-state index >= 15 is 0 Å². The molecule has 5 nitrogen and oxygen atoms in total. The summed E-state index contributed by atoms with van der Waals surface area (Å²) in [7, 11) is -4.80. The highest BCUT2D eigenvalue weighted by Gasteiger charge is 2.22. The maximum absolute atomic E-state index is 12.4. The van der Waals surface area contributed by atoms with Crippen molar-refractivity contribution in [1.29, 1.82) is 0 Å². The SMILES string of the molecule is O=[N+]([O-])c1ccc(C[C@H](Cl)S(=O)(=O)F)cc1. The molecule has 1 aromatic rings. The predicted octanol–water partition coefficient (Wildman–Crippen LogP) is 2.00. The van der Waals surface area contributed by atoms with Crippen LogP contribution in [0.5, 0.6) is 0 Å². The molecule has 0 aliphatic rings.